The molecule has 0 aliphatic heterocycles. The fourth-order valence-electron chi connectivity index (χ4n) is 2.91. The number of nitrogens with one attached hydrogen (secondary N) is 1. The van der Waals surface area contributed by atoms with E-state index in [9.17, 15) is 4.79 Å². The van der Waals surface area contributed by atoms with E-state index >= 15 is 0 Å². The highest BCUT2D eigenvalue weighted by Gasteiger charge is 2.21. The van der Waals surface area contributed by atoms with Crippen LogP contribution >= 0.6 is 0 Å². The van der Waals surface area contributed by atoms with Gasteiger partial charge in [-0.15, -0.1) is 0 Å². The van der Waals surface area contributed by atoms with Gasteiger partial charge >= 0.3 is 0 Å². The van der Waals surface area contributed by atoms with Gasteiger partial charge in [-0.1, -0.05) is 26.2 Å². The predicted octanol–water partition coefficient (Wildman–Crippen LogP) is 2.98. The van der Waals surface area contributed by atoms with Crippen LogP contribution < -0.4 is 11.1 Å². The molecular formula is C15H30N2O. The van der Waals surface area contributed by atoms with Gasteiger partial charge in [0.2, 0.25) is 5.91 Å². The topological polar surface area (TPSA) is 55.1 Å². The minimum absolute atomic E-state index is 0.242. The van der Waals surface area contributed by atoms with Gasteiger partial charge in [0.1, 0.15) is 0 Å². The molecule has 0 atom stereocenters. The number of rotatable bonds is 8. The molecule has 3 heteroatoms. The van der Waals surface area contributed by atoms with Crippen molar-refractivity contribution in [3.63, 3.8) is 0 Å². The molecule has 1 amide bonds. The highest BCUT2D eigenvalue weighted by atomic mass is 16.1. The molecule has 0 aromatic carbocycles. The number of unbranched alkanes of at least 4 members (excludes halogenated alkanes) is 2. The fourth-order valence-corrected chi connectivity index (χ4v) is 2.91. The van der Waals surface area contributed by atoms with Crippen LogP contribution in [0, 0.1) is 5.92 Å². The molecule has 0 saturated heterocycles. The standard InChI is InChI=1S/C15H30N2O/c1-2-6-13-8-10-14(11-9-13)17-15(18)7-4-3-5-12-16/h13-14H,2-12,16H2,1H3,(H,17,18). The molecular weight excluding hydrogens is 224 g/mol. The van der Waals surface area contributed by atoms with E-state index in [0.29, 0.717) is 12.5 Å². The van der Waals surface area contributed by atoms with Gasteiger partial charge in [0, 0.05) is 12.5 Å². The summed E-state index contributed by atoms with van der Waals surface area (Å²) in [4.78, 5) is 11.7. The van der Waals surface area contributed by atoms with Crippen molar-refractivity contribution >= 4 is 5.91 Å². The molecule has 106 valence electrons. The Morgan fingerprint density at radius 1 is 1.17 bits per heavy atom. The highest BCUT2D eigenvalue weighted by Crippen LogP contribution is 2.27. The smallest absolute Gasteiger partial charge is 0.220 e. The van der Waals surface area contributed by atoms with Crippen molar-refractivity contribution in [2.75, 3.05) is 6.54 Å². The normalized spacial score (nSPS) is 23.9. The number of carbonyl (C=O) groups is 1. The molecule has 0 unspecified atom stereocenters. The Kier molecular flexibility index (Phi) is 8.06. The first-order valence-corrected chi connectivity index (χ1v) is 7.75. The highest BCUT2D eigenvalue weighted by molar-refractivity contribution is 5.76. The quantitative estimate of drug-likeness (QED) is 0.654. The third kappa shape index (κ3) is 6.39. The maximum atomic E-state index is 11.7. The molecule has 0 radical (unpaired) electrons. The lowest BCUT2D eigenvalue weighted by Gasteiger charge is -2.29. The van der Waals surface area contributed by atoms with E-state index in [0.717, 1.165) is 31.7 Å². The fraction of sp³-hybridized carbons (Fsp3) is 0.933. The molecule has 0 aromatic heterocycles. The molecule has 0 aromatic rings. The minimum atomic E-state index is 0.242. The first-order valence-electron chi connectivity index (χ1n) is 7.75. The predicted molar refractivity (Wildman–Crippen MR) is 76.3 cm³/mol. The molecule has 3 nitrogen and oxygen atoms in total. The minimum Gasteiger partial charge on any atom is -0.353 e. The third-order valence-corrected chi connectivity index (χ3v) is 4.02. The van der Waals surface area contributed by atoms with E-state index < -0.39 is 0 Å². The number of amides is 1. The third-order valence-electron chi connectivity index (χ3n) is 4.02. The van der Waals surface area contributed by atoms with E-state index in [2.05, 4.69) is 12.2 Å². The van der Waals surface area contributed by atoms with Crippen LogP contribution in [0.4, 0.5) is 0 Å². The first-order chi connectivity index (χ1) is 8.76. The summed E-state index contributed by atoms with van der Waals surface area (Å²) in [7, 11) is 0. The summed E-state index contributed by atoms with van der Waals surface area (Å²) >= 11 is 0. The van der Waals surface area contributed by atoms with Crippen LogP contribution in [-0.4, -0.2) is 18.5 Å². The Morgan fingerprint density at radius 3 is 2.50 bits per heavy atom. The summed E-state index contributed by atoms with van der Waals surface area (Å²) in [6.45, 7) is 3.00. The second kappa shape index (κ2) is 9.37. The Hall–Kier alpha value is -0.570. The lowest BCUT2D eigenvalue weighted by atomic mass is 9.83. The Labute approximate surface area is 112 Å². The second-order valence-electron chi connectivity index (χ2n) is 5.67. The number of carbonyl (C=O) groups excluding carboxylic acids is 1. The van der Waals surface area contributed by atoms with E-state index in [-0.39, 0.29) is 5.91 Å². The molecule has 3 N–H and O–H groups in total. The van der Waals surface area contributed by atoms with Crippen LogP contribution in [0.2, 0.25) is 0 Å². The number of nitrogens with two attached hydrogens (primary N) is 1. The van der Waals surface area contributed by atoms with Crippen molar-refractivity contribution in [3.05, 3.63) is 0 Å². The molecule has 1 rings (SSSR count). The molecule has 0 spiro atoms. The van der Waals surface area contributed by atoms with Gasteiger partial charge in [0.25, 0.3) is 0 Å². The van der Waals surface area contributed by atoms with Crippen LogP contribution in [0.25, 0.3) is 0 Å². The van der Waals surface area contributed by atoms with E-state index in [1.54, 1.807) is 0 Å². The SMILES string of the molecule is CCCC1CCC(NC(=O)CCCCCN)CC1. The second-order valence-corrected chi connectivity index (χ2v) is 5.67. The molecule has 0 bridgehead atoms. The monoisotopic (exact) mass is 254 g/mol. The Morgan fingerprint density at radius 2 is 1.89 bits per heavy atom. The van der Waals surface area contributed by atoms with Crippen molar-refractivity contribution in [1.29, 1.82) is 0 Å². The lowest BCUT2D eigenvalue weighted by molar-refractivity contribution is -0.122. The van der Waals surface area contributed by atoms with Gasteiger partial charge in [0.05, 0.1) is 0 Å². The van der Waals surface area contributed by atoms with Gasteiger partial charge in [0.15, 0.2) is 0 Å². The van der Waals surface area contributed by atoms with Gasteiger partial charge in [-0.2, -0.15) is 0 Å². The molecule has 1 aliphatic rings. The van der Waals surface area contributed by atoms with Gasteiger partial charge < -0.3 is 11.1 Å². The van der Waals surface area contributed by atoms with E-state index in [4.69, 9.17) is 5.73 Å². The zero-order valence-corrected chi connectivity index (χ0v) is 11.9. The maximum absolute atomic E-state index is 11.7. The zero-order valence-electron chi connectivity index (χ0n) is 11.9. The van der Waals surface area contributed by atoms with Crippen molar-refractivity contribution in [2.24, 2.45) is 11.7 Å². The average molecular weight is 254 g/mol. The average Bonchev–Trinajstić information content (AvgIpc) is 2.37. The molecule has 1 fully saturated rings. The maximum Gasteiger partial charge on any atom is 0.220 e. The molecule has 1 aliphatic carbocycles. The van der Waals surface area contributed by atoms with Crippen molar-refractivity contribution in [1.82, 2.24) is 5.32 Å². The lowest BCUT2D eigenvalue weighted by Crippen LogP contribution is -2.37. The molecule has 18 heavy (non-hydrogen) atoms. The Bertz CT molecular complexity index is 223. The molecule has 1 saturated carbocycles. The largest absolute Gasteiger partial charge is 0.353 e. The van der Waals surface area contributed by atoms with E-state index in [1.807, 2.05) is 0 Å². The first kappa shape index (κ1) is 15.5. The Balaban J connectivity index is 2.07. The summed E-state index contributed by atoms with van der Waals surface area (Å²) < 4.78 is 0. The summed E-state index contributed by atoms with van der Waals surface area (Å²) in [5, 5.41) is 3.19. The van der Waals surface area contributed by atoms with Crippen LogP contribution in [0.5, 0.6) is 0 Å². The van der Waals surface area contributed by atoms with E-state index in [1.165, 1.54) is 38.5 Å². The summed E-state index contributed by atoms with van der Waals surface area (Å²) in [6.07, 6.45) is 11.4. The van der Waals surface area contributed by atoms with Crippen LogP contribution in [0.15, 0.2) is 0 Å². The zero-order chi connectivity index (χ0) is 13.2. The van der Waals surface area contributed by atoms with Gasteiger partial charge in [-0.25, -0.2) is 0 Å². The summed E-state index contributed by atoms with van der Waals surface area (Å²) in [5.74, 6) is 1.15. The summed E-state index contributed by atoms with van der Waals surface area (Å²) in [5.41, 5.74) is 5.43. The van der Waals surface area contributed by atoms with Crippen LogP contribution in [-0.2, 0) is 4.79 Å². The number of hydrogen-bond donors (Lipinski definition) is 2. The van der Waals surface area contributed by atoms with Crippen LogP contribution in [0.1, 0.15) is 71.1 Å². The van der Waals surface area contributed by atoms with Crippen molar-refractivity contribution in [2.45, 2.75) is 77.2 Å². The van der Waals surface area contributed by atoms with Crippen molar-refractivity contribution < 1.29 is 4.79 Å². The van der Waals surface area contributed by atoms with Crippen molar-refractivity contribution in [3.8, 4) is 0 Å². The van der Waals surface area contributed by atoms with Gasteiger partial charge in [-0.3, -0.25) is 4.79 Å². The van der Waals surface area contributed by atoms with Crippen LogP contribution in [0.3, 0.4) is 0 Å². The molecule has 0 heterocycles. The van der Waals surface area contributed by atoms with Gasteiger partial charge in [-0.05, 0) is 51.0 Å². The summed E-state index contributed by atoms with van der Waals surface area (Å²) in [6, 6.07) is 0.445. The number of hydrogen-bond acceptors (Lipinski definition) is 2.